The van der Waals surface area contributed by atoms with Crippen LogP contribution in [0.25, 0.3) is 0 Å². The van der Waals surface area contributed by atoms with E-state index in [2.05, 4.69) is 36.1 Å². The molecule has 17 heavy (non-hydrogen) atoms. The molecule has 0 aliphatic heterocycles. The summed E-state index contributed by atoms with van der Waals surface area (Å²) in [7, 11) is 0. The van der Waals surface area contributed by atoms with Gasteiger partial charge in [-0.3, -0.25) is 0 Å². The molecule has 0 spiro atoms. The standard InChI is InChI=1S/C13H24N4/c1-9-11(15-8-6-7-14)10(2)17-12(16-9)13(3,4)5/h15H,6-8,14H2,1-5H3. The van der Waals surface area contributed by atoms with Gasteiger partial charge in [-0.15, -0.1) is 0 Å². The lowest BCUT2D eigenvalue weighted by Gasteiger charge is -2.20. The first-order valence-corrected chi connectivity index (χ1v) is 6.16. The number of nitrogens with zero attached hydrogens (tertiary/aromatic N) is 2. The highest BCUT2D eigenvalue weighted by atomic mass is 15.0. The van der Waals surface area contributed by atoms with Crippen LogP contribution in [-0.2, 0) is 5.41 Å². The summed E-state index contributed by atoms with van der Waals surface area (Å²) in [6, 6.07) is 0. The zero-order chi connectivity index (χ0) is 13.1. The van der Waals surface area contributed by atoms with Gasteiger partial charge in [0, 0.05) is 12.0 Å². The summed E-state index contributed by atoms with van der Waals surface area (Å²) in [6.07, 6.45) is 0.958. The van der Waals surface area contributed by atoms with E-state index in [0.717, 1.165) is 35.9 Å². The van der Waals surface area contributed by atoms with Gasteiger partial charge in [0.1, 0.15) is 5.82 Å². The maximum Gasteiger partial charge on any atom is 0.134 e. The highest BCUT2D eigenvalue weighted by molar-refractivity contribution is 5.51. The molecular formula is C13H24N4. The molecule has 4 nitrogen and oxygen atoms in total. The normalized spacial score (nSPS) is 11.6. The Hall–Kier alpha value is -1.16. The fraction of sp³-hybridized carbons (Fsp3) is 0.692. The van der Waals surface area contributed by atoms with Crippen molar-refractivity contribution in [1.29, 1.82) is 0 Å². The smallest absolute Gasteiger partial charge is 0.134 e. The van der Waals surface area contributed by atoms with Gasteiger partial charge in [0.2, 0.25) is 0 Å². The van der Waals surface area contributed by atoms with Crippen LogP contribution in [0.15, 0.2) is 0 Å². The van der Waals surface area contributed by atoms with Crippen molar-refractivity contribution >= 4 is 5.69 Å². The van der Waals surface area contributed by atoms with E-state index >= 15 is 0 Å². The summed E-state index contributed by atoms with van der Waals surface area (Å²) in [5, 5.41) is 3.36. The Bertz CT molecular complexity index is 356. The zero-order valence-electron chi connectivity index (χ0n) is 11.6. The average molecular weight is 236 g/mol. The zero-order valence-corrected chi connectivity index (χ0v) is 11.6. The highest BCUT2D eigenvalue weighted by Gasteiger charge is 2.19. The van der Waals surface area contributed by atoms with Crippen molar-refractivity contribution in [2.45, 2.75) is 46.5 Å². The lowest BCUT2D eigenvalue weighted by atomic mass is 9.95. The van der Waals surface area contributed by atoms with E-state index in [0.29, 0.717) is 6.54 Å². The van der Waals surface area contributed by atoms with Crippen LogP contribution in [0.1, 0.15) is 44.4 Å². The van der Waals surface area contributed by atoms with Crippen molar-refractivity contribution in [3.05, 3.63) is 17.2 Å². The summed E-state index contributed by atoms with van der Waals surface area (Å²) in [4.78, 5) is 9.16. The Morgan fingerprint density at radius 2 is 1.65 bits per heavy atom. The third kappa shape index (κ3) is 3.66. The minimum Gasteiger partial charge on any atom is -0.382 e. The quantitative estimate of drug-likeness (QED) is 0.786. The summed E-state index contributed by atoms with van der Waals surface area (Å²) in [5.41, 5.74) is 8.54. The van der Waals surface area contributed by atoms with Gasteiger partial charge in [-0.2, -0.15) is 0 Å². The first-order chi connectivity index (χ1) is 7.86. The Morgan fingerprint density at radius 3 is 2.06 bits per heavy atom. The van der Waals surface area contributed by atoms with E-state index in [1.54, 1.807) is 0 Å². The van der Waals surface area contributed by atoms with Crippen molar-refractivity contribution < 1.29 is 0 Å². The molecule has 0 bridgehead atoms. The second-order valence-electron chi connectivity index (χ2n) is 5.41. The van der Waals surface area contributed by atoms with E-state index in [9.17, 15) is 0 Å². The van der Waals surface area contributed by atoms with Crippen LogP contribution in [0.5, 0.6) is 0 Å². The third-order valence-electron chi connectivity index (χ3n) is 2.62. The number of hydrogen-bond acceptors (Lipinski definition) is 4. The molecular weight excluding hydrogens is 212 g/mol. The molecule has 0 fully saturated rings. The number of aryl methyl sites for hydroxylation is 2. The predicted molar refractivity (Wildman–Crippen MR) is 72.4 cm³/mol. The summed E-state index contributed by atoms with van der Waals surface area (Å²) >= 11 is 0. The Morgan fingerprint density at radius 1 is 1.12 bits per heavy atom. The molecule has 0 saturated carbocycles. The largest absolute Gasteiger partial charge is 0.382 e. The monoisotopic (exact) mass is 236 g/mol. The van der Waals surface area contributed by atoms with Gasteiger partial charge in [0.25, 0.3) is 0 Å². The second-order valence-corrected chi connectivity index (χ2v) is 5.41. The lowest BCUT2D eigenvalue weighted by Crippen LogP contribution is -2.19. The first kappa shape index (κ1) is 13.9. The molecule has 0 aliphatic rings. The molecule has 0 aliphatic carbocycles. The molecule has 0 atom stereocenters. The molecule has 0 aromatic carbocycles. The van der Waals surface area contributed by atoms with E-state index in [1.165, 1.54) is 0 Å². The minimum absolute atomic E-state index is 0.00862. The van der Waals surface area contributed by atoms with Crippen molar-refractivity contribution in [1.82, 2.24) is 9.97 Å². The molecule has 0 saturated heterocycles. The Labute approximate surface area is 104 Å². The Kier molecular flexibility index (Phi) is 4.46. The van der Waals surface area contributed by atoms with E-state index in [1.807, 2.05) is 13.8 Å². The van der Waals surface area contributed by atoms with E-state index < -0.39 is 0 Å². The number of nitrogens with two attached hydrogens (primary N) is 1. The molecule has 0 radical (unpaired) electrons. The van der Waals surface area contributed by atoms with Gasteiger partial charge >= 0.3 is 0 Å². The van der Waals surface area contributed by atoms with Crippen molar-refractivity contribution in [3.63, 3.8) is 0 Å². The molecule has 1 aromatic rings. The predicted octanol–water partition coefficient (Wildman–Crippen LogP) is 2.15. The molecule has 96 valence electrons. The minimum atomic E-state index is -0.00862. The highest BCUT2D eigenvalue weighted by Crippen LogP contribution is 2.23. The molecule has 1 rings (SSSR count). The van der Waals surface area contributed by atoms with Gasteiger partial charge in [-0.25, -0.2) is 9.97 Å². The van der Waals surface area contributed by atoms with Crippen molar-refractivity contribution in [2.24, 2.45) is 5.73 Å². The van der Waals surface area contributed by atoms with Crippen LogP contribution in [-0.4, -0.2) is 23.1 Å². The van der Waals surface area contributed by atoms with Crippen molar-refractivity contribution in [2.75, 3.05) is 18.4 Å². The molecule has 0 amide bonds. The first-order valence-electron chi connectivity index (χ1n) is 6.16. The summed E-state index contributed by atoms with van der Waals surface area (Å²) in [6.45, 7) is 12.0. The van der Waals surface area contributed by atoms with Gasteiger partial charge < -0.3 is 11.1 Å². The van der Waals surface area contributed by atoms with Crippen LogP contribution in [0.2, 0.25) is 0 Å². The Balaban J connectivity index is 2.95. The van der Waals surface area contributed by atoms with Crippen molar-refractivity contribution in [3.8, 4) is 0 Å². The van der Waals surface area contributed by atoms with Gasteiger partial charge in [-0.1, -0.05) is 20.8 Å². The van der Waals surface area contributed by atoms with Crippen LogP contribution in [0, 0.1) is 13.8 Å². The number of nitrogens with one attached hydrogen (secondary N) is 1. The van der Waals surface area contributed by atoms with Crippen LogP contribution >= 0.6 is 0 Å². The molecule has 1 heterocycles. The van der Waals surface area contributed by atoms with Crippen LogP contribution < -0.4 is 11.1 Å². The van der Waals surface area contributed by atoms with E-state index in [-0.39, 0.29) is 5.41 Å². The number of hydrogen-bond donors (Lipinski definition) is 2. The topological polar surface area (TPSA) is 63.8 Å². The molecule has 4 heteroatoms. The SMILES string of the molecule is Cc1nc(C(C)(C)C)nc(C)c1NCCCN. The molecule has 0 unspecified atom stereocenters. The third-order valence-corrected chi connectivity index (χ3v) is 2.62. The maximum absolute atomic E-state index is 5.48. The summed E-state index contributed by atoms with van der Waals surface area (Å²) in [5.74, 6) is 0.900. The average Bonchev–Trinajstić information content (AvgIpc) is 2.20. The second kappa shape index (κ2) is 5.45. The summed E-state index contributed by atoms with van der Waals surface area (Å²) < 4.78 is 0. The molecule has 1 aromatic heterocycles. The van der Waals surface area contributed by atoms with Crippen LogP contribution in [0.4, 0.5) is 5.69 Å². The lowest BCUT2D eigenvalue weighted by molar-refractivity contribution is 0.541. The van der Waals surface area contributed by atoms with Gasteiger partial charge in [-0.05, 0) is 26.8 Å². The van der Waals surface area contributed by atoms with Crippen LogP contribution in [0.3, 0.4) is 0 Å². The number of rotatable bonds is 4. The number of aromatic nitrogens is 2. The number of anilines is 1. The fourth-order valence-corrected chi connectivity index (χ4v) is 1.62. The fourth-order valence-electron chi connectivity index (χ4n) is 1.62. The van der Waals surface area contributed by atoms with Gasteiger partial charge in [0.15, 0.2) is 0 Å². The van der Waals surface area contributed by atoms with E-state index in [4.69, 9.17) is 5.73 Å². The van der Waals surface area contributed by atoms with Gasteiger partial charge in [0.05, 0.1) is 17.1 Å². The molecule has 3 N–H and O–H groups in total. The maximum atomic E-state index is 5.48.